The maximum Gasteiger partial charge on any atom is 0.224 e. The fourth-order valence-corrected chi connectivity index (χ4v) is 4.46. The molecule has 0 spiro atoms. The van der Waals surface area contributed by atoms with Crippen molar-refractivity contribution >= 4 is 23.2 Å². The van der Waals surface area contributed by atoms with Crippen LogP contribution in [0.1, 0.15) is 48.8 Å². The van der Waals surface area contributed by atoms with E-state index in [1.807, 2.05) is 25.7 Å². The van der Waals surface area contributed by atoms with Crippen LogP contribution in [-0.2, 0) is 24.3 Å². The number of nitrogens with zero attached hydrogens (tertiary/aromatic N) is 2. The van der Waals surface area contributed by atoms with Gasteiger partial charge < -0.3 is 20.3 Å². The minimum Gasteiger partial charge on any atom is -0.491 e. The highest BCUT2D eigenvalue weighted by molar-refractivity contribution is 7.10. The molecule has 0 saturated carbocycles. The topological polar surface area (TPSA) is 66.0 Å². The number of fused-ring (bicyclic) bond motifs is 1. The molecular formula is C24H34N4O2S. The molecule has 0 bridgehead atoms. The van der Waals surface area contributed by atoms with E-state index >= 15 is 0 Å². The largest absolute Gasteiger partial charge is 0.491 e. The molecule has 0 aliphatic carbocycles. The average Bonchev–Trinajstić information content (AvgIpc) is 3.20. The predicted molar refractivity (Wildman–Crippen MR) is 128 cm³/mol. The third-order valence-corrected chi connectivity index (χ3v) is 6.15. The molecule has 0 atom stereocenters. The van der Waals surface area contributed by atoms with E-state index in [1.54, 1.807) is 11.3 Å². The highest BCUT2D eigenvalue weighted by atomic mass is 32.1. The fourth-order valence-electron chi connectivity index (χ4n) is 3.57. The number of benzene rings is 1. The minimum atomic E-state index is 0.113. The van der Waals surface area contributed by atoms with Crippen molar-refractivity contribution in [3.05, 3.63) is 51.2 Å². The molecule has 0 saturated heterocycles. The summed E-state index contributed by atoms with van der Waals surface area (Å²) in [6.45, 7) is 11.5. The number of aryl methyl sites for hydroxylation is 1. The lowest BCUT2D eigenvalue weighted by atomic mass is 10.1. The third kappa shape index (κ3) is 6.72. The third-order valence-electron chi connectivity index (χ3n) is 5.13. The van der Waals surface area contributed by atoms with Crippen LogP contribution in [0, 0.1) is 6.92 Å². The first-order chi connectivity index (χ1) is 15.0. The molecule has 1 aromatic heterocycles. The summed E-state index contributed by atoms with van der Waals surface area (Å²) in [6, 6.07) is 8.34. The number of aliphatic imine (C=N–C) groups is 1. The van der Waals surface area contributed by atoms with Crippen molar-refractivity contribution in [2.75, 3.05) is 19.6 Å². The van der Waals surface area contributed by atoms with Gasteiger partial charge in [-0.3, -0.25) is 4.79 Å². The molecule has 2 N–H and O–H groups in total. The van der Waals surface area contributed by atoms with Crippen LogP contribution in [-0.4, -0.2) is 42.5 Å². The van der Waals surface area contributed by atoms with E-state index in [0.717, 1.165) is 37.4 Å². The molecule has 3 rings (SSSR count). The van der Waals surface area contributed by atoms with Gasteiger partial charge in [0.05, 0.1) is 12.6 Å². The Labute approximate surface area is 189 Å². The van der Waals surface area contributed by atoms with Crippen molar-refractivity contribution in [1.29, 1.82) is 0 Å². The van der Waals surface area contributed by atoms with Gasteiger partial charge in [-0.25, -0.2) is 4.99 Å². The molecule has 0 unspecified atom stereocenters. The summed E-state index contributed by atoms with van der Waals surface area (Å²) in [5.41, 5.74) is 3.51. The summed E-state index contributed by atoms with van der Waals surface area (Å²) in [4.78, 5) is 20.7. The number of ether oxygens (including phenoxy) is 1. The zero-order valence-electron chi connectivity index (χ0n) is 19.0. The number of nitrogens with one attached hydrogen (secondary N) is 2. The molecule has 1 aliphatic heterocycles. The normalized spacial score (nSPS) is 13.8. The van der Waals surface area contributed by atoms with E-state index in [-0.39, 0.29) is 12.0 Å². The summed E-state index contributed by atoms with van der Waals surface area (Å²) in [6.07, 6.45) is 1.53. The van der Waals surface area contributed by atoms with Gasteiger partial charge in [0.15, 0.2) is 5.96 Å². The molecule has 0 radical (unpaired) electrons. The van der Waals surface area contributed by atoms with E-state index < -0.39 is 0 Å². The zero-order valence-corrected chi connectivity index (χ0v) is 19.8. The Bertz CT molecular complexity index is 907. The Morgan fingerprint density at radius 3 is 2.90 bits per heavy atom. The van der Waals surface area contributed by atoms with Crippen molar-refractivity contribution in [2.24, 2.45) is 4.99 Å². The van der Waals surface area contributed by atoms with Crippen LogP contribution in [0.25, 0.3) is 0 Å². The Kier molecular flexibility index (Phi) is 8.35. The van der Waals surface area contributed by atoms with Crippen molar-refractivity contribution in [3.8, 4) is 5.75 Å². The number of hydrogen-bond donors (Lipinski definition) is 2. The first-order valence-electron chi connectivity index (χ1n) is 11.1. The standard InChI is InChI=1S/C24H34N4O2S/c1-5-25-24(27-15-19-7-6-18(4)14-21(19)30-17(2)3)26-11-8-23(29)28-12-9-22-20(16-28)10-13-31-22/h6-7,10,13-14,17H,5,8-9,11-12,15-16H2,1-4H3,(H2,25,26,27). The second kappa shape index (κ2) is 11.2. The Hall–Kier alpha value is -2.54. The predicted octanol–water partition coefficient (Wildman–Crippen LogP) is 3.87. The van der Waals surface area contributed by atoms with Crippen LogP contribution in [0.5, 0.6) is 5.75 Å². The van der Waals surface area contributed by atoms with Gasteiger partial charge in [-0.2, -0.15) is 0 Å². The first-order valence-corrected chi connectivity index (χ1v) is 12.0. The monoisotopic (exact) mass is 442 g/mol. The number of carbonyl (C=O) groups is 1. The summed E-state index contributed by atoms with van der Waals surface area (Å²) >= 11 is 1.79. The number of thiophene rings is 1. The fraction of sp³-hybridized carbons (Fsp3) is 0.500. The van der Waals surface area contributed by atoms with Gasteiger partial charge in [-0.05, 0) is 62.8 Å². The molecule has 7 heteroatoms. The Morgan fingerprint density at radius 1 is 1.29 bits per heavy atom. The van der Waals surface area contributed by atoms with E-state index in [4.69, 9.17) is 9.73 Å². The summed E-state index contributed by atoms with van der Waals surface area (Å²) < 4.78 is 5.96. The lowest BCUT2D eigenvalue weighted by molar-refractivity contribution is -0.131. The van der Waals surface area contributed by atoms with Crippen LogP contribution in [0.15, 0.2) is 34.6 Å². The molecule has 31 heavy (non-hydrogen) atoms. The van der Waals surface area contributed by atoms with Gasteiger partial charge in [-0.1, -0.05) is 12.1 Å². The number of hydrogen-bond acceptors (Lipinski definition) is 4. The van der Waals surface area contributed by atoms with Crippen molar-refractivity contribution in [1.82, 2.24) is 15.5 Å². The first kappa shape index (κ1) is 23.1. The molecule has 1 amide bonds. The molecule has 1 aromatic carbocycles. The molecule has 0 fully saturated rings. The van der Waals surface area contributed by atoms with Crippen LogP contribution in [0.4, 0.5) is 0 Å². The van der Waals surface area contributed by atoms with Crippen LogP contribution in [0.2, 0.25) is 0 Å². The van der Waals surface area contributed by atoms with Crippen molar-refractivity contribution < 1.29 is 9.53 Å². The lowest BCUT2D eigenvalue weighted by Crippen LogP contribution is -2.41. The Morgan fingerprint density at radius 2 is 2.13 bits per heavy atom. The van der Waals surface area contributed by atoms with E-state index in [1.165, 1.54) is 16.0 Å². The SMILES string of the molecule is CCNC(=NCc1ccc(C)cc1OC(C)C)NCCC(=O)N1CCc2sccc2C1. The van der Waals surface area contributed by atoms with Gasteiger partial charge >= 0.3 is 0 Å². The quantitative estimate of drug-likeness (QED) is 0.481. The maximum atomic E-state index is 12.6. The second-order valence-corrected chi connectivity index (χ2v) is 9.08. The molecule has 1 aliphatic rings. The number of carbonyl (C=O) groups excluding carboxylic acids is 1. The number of guanidine groups is 1. The van der Waals surface area contributed by atoms with E-state index in [2.05, 4.69) is 47.2 Å². The minimum absolute atomic E-state index is 0.113. The van der Waals surface area contributed by atoms with Gasteiger partial charge in [0, 0.05) is 43.0 Å². The summed E-state index contributed by atoms with van der Waals surface area (Å²) in [7, 11) is 0. The smallest absolute Gasteiger partial charge is 0.224 e. The molecular weight excluding hydrogens is 408 g/mol. The number of amides is 1. The van der Waals surface area contributed by atoms with Crippen LogP contribution >= 0.6 is 11.3 Å². The summed E-state index contributed by atoms with van der Waals surface area (Å²) in [5.74, 6) is 1.78. The zero-order chi connectivity index (χ0) is 22.2. The van der Waals surface area contributed by atoms with E-state index in [0.29, 0.717) is 25.5 Å². The highest BCUT2D eigenvalue weighted by Crippen LogP contribution is 2.24. The average molecular weight is 443 g/mol. The molecule has 6 nitrogen and oxygen atoms in total. The van der Waals surface area contributed by atoms with Gasteiger partial charge in [0.1, 0.15) is 5.75 Å². The molecule has 2 heterocycles. The van der Waals surface area contributed by atoms with Gasteiger partial charge in [0.25, 0.3) is 0 Å². The Balaban J connectivity index is 1.54. The van der Waals surface area contributed by atoms with Crippen molar-refractivity contribution in [3.63, 3.8) is 0 Å². The van der Waals surface area contributed by atoms with E-state index in [9.17, 15) is 4.79 Å². The number of rotatable bonds is 8. The second-order valence-electron chi connectivity index (χ2n) is 8.08. The van der Waals surface area contributed by atoms with Crippen LogP contribution < -0.4 is 15.4 Å². The lowest BCUT2D eigenvalue weighted by Gasteiger charge is -2.27. The van der Waals surface area contributed by atoms with Gasteiger partial charge in [0.2, 0.25) is 5.91 Å². The van der Waals surface area contributed by atoms with Gasteiger partial charge in [-0.15, -0.1) is 11.3 Å². The molecule has 2 aromatic rings. The van der Waals surface area contributed by atoms with Crippen molar-refractivity contribution in [2.45, 2.75) is 59.7 Å². The van der Waals surface area contributed by atoms with Crippen LogP contribution in [0.3, 0.4) is 0 Å². The molecule has 168 valence electrons. The highest BCUT2D eigenvalue weighted by Gasteiger charge is 2.21. The maximum absolute atomic E-state index is 12.6. The summed E-state index contributed by atoms with van der Waals surface area (Å²) in [5, 5.41) is 8.68.